The van der Waals surface area contributed by atoms with Crippen LogP contribution in [0.3, 0.4) is 0 Å². The van der Waals surface area contributed by atoms with Gasteiger partial charge in [-0.1, -0.05) is 13.0 Å². The Balaban J connectivity index is 2.57. The molecule has 38 valence electrons. The highest BCUT2D eigenvalue weighted by molar-refractivity contribution is 8.02. The van der Waals surface area contributed by atoms with Crippen LogP contribution in [0.2, 0.25) is 5.31 Å². The largest absolute Gasteiger partial charge is 0.134 e. The highest BCUT2D eigenvalue weighted by Gasteiger charge is 2.16. The molecule has 7 heavy (non-hydrogen) atoms. The monoisotopic (exact) mass is 112 g/mol. The first-order valence-electron chi connectivity index (χ1n) is 2.50. The zero-order valence-electron chi connectivity index (χ0n) is 4.77. The van der Waals surface area contributed by atoms with Gasteiger partial charge in [0.15, 0.2) is 0 Å². The topological polar surface area (TPSA) is 0 Å². The van der Waals surface area contributed by atoms with Crippen molar-refractivity contribution in [3.63, 3.8) is 0 Å². The molecule has 0 amide bonds. The summed E-state index contributed by atoms with van der Waals surface area (Å²) in [5.41, 5.74) is 0. The Morgan fingerprint density at radius 1 is 1.86 bits per heavy atom. The molecule has 1 aliphatic rings. The van der Waals surface area contributed by atoms with E-state index in [2.05, 4.69) is 26.3 Å². The molecule has 0 aromatic heterocycles. The molecule has 1 atom stereocenters. The predicted molar refractivity (Wildman–Crippen MR) is 38.5 cm³/mol. The number of rotatable bonds is 0. The second kappa shape index (κ2) is 1.59. The highest BCUT2D eigenvalue weighted by Crippen LogP contribution is 2.34. The molecule has 0 N–H and O–H groups in total. The molecular formula is C5H9BS. The summed E-state index contributed by atoms with van der Waals surface area (Å²) in [7, 11) is 2.25. The van der Waals surface area contributed by atoms with Crippen LogP contribution in [0.25, 0.3) is 0 Å². The first kappa shape index (κ1) is 5.29. The van der Waals surface area contributed by atoms with E-state index in [4.69, 9.17) is 0 Å². The molecule has 0 saturated carbocycles. The summed E-state index contributed by atoms with van der Waals surface area (Å²) in [6.07, 6.45) is 2.26. The van der Waals surface area contributed by atoms with Crippen molar-refractivity contribution >= 4 is 19.6 Å². The second-order valence-corrected chi connectivity index (χ2v) is 3.50. The molecule has 0 aromatic rings. The minimum Gasteiger partial charge on any atom is -0.134 e. The van der Waals surface area contributed by atoms with E-state index < -0.39 is 0 Å². The van der Waals surface area contributed by atoms with Crippen LogP contribution in [0, 0.1) is 0 Å². The summed E-state index contributed by atoms with van der Waals surface area (Å²) in [6, 6.07) is 0. The minimum atomic E-state index is 0.477. The average Bonchev–Trinajstić information content (AvgIpc) is 1.84. The number of hydrogen-bond acceptors (Lipinski definition) is 1. The van der Waals surface area contributed by atoms with Crippen molar-refractivity contribution in [1.29, 1.82) is 0 Å². The SMILES string of the molecule is BC1(C)C=CSC1. The maximum Gasteiger partial charge on any atom is 0.115 e. The van der Waals surface area contributed by atoms with Crippen LogP contribution >= 0.6 is 11.8 Å². The second-order valence-electron chi connectivity index (χ2n) is 2.60. The average molecular weight is 112 g/mol. The summed E-state index contributed by atoms with van der Waals surface area (Å²) >= 11 is 1.90. The Labute approximate surface area is 49.8 Å². The van der Waals surface area contributed by atoms with Crippen LogP contribution in [0.15, 0.2) is 11.5 Å². The molecule has 0 radical (unpaired) electrons. The third-order valence-corrected chi connectivity index (χ3v) is 2.31. The smallest absolute Gasteiger partial charge is 0.115 e. The van der Waals surface area contributed by atoms with Crippen LogP contribution < -0.4 is 0 Å². The van der Waals surface area contributed by atoms with Crippen LogP contribution in [0.1, 0.15) is 6.92 Å². The van der Waals surface area contributed by atoms with Gasteiger partial charge in [0.2, 0.25) is 0 Å². The molecule has 1 rings (SSSR count). The third kappa shape index (κ3) is 1.27. The lowest BCUT2D eigenvalue weighted by atomic mass is 9.73. The van der Waals surface area contributed by atoms with E-state index in [-0.39, 0.29) is 0 Å². The van der Waals surface area contributed by atoms with E-state index in [0.29, 0.717) is 5.31 Å². The molecule has 0 spiro atoms. The lowest BCUT2D eigenvalue weighted by Crippen LogP contribution is -2.02. The third-order valence-electron chi connectivity index (χ3n) is 1.07. The van der Waals surface area contributed by atoms with Gasteiger partial charge in [0.25, 0.3) is 0 Å². The molecule has 1 heterocycles. The maximum absolute atomic E-state index is 2.26. The van der Waals surface area contributed by atoms with Crippen molar-refractivity contribution in [3.05, 3.63) is 11.5 Å². The van der Waals surface area contributed by atoms with Crippen LogP contribution in [-0.4, -0.2) is 13.6 Å². The number of allylic oxidation sites excluding steroid dienone is 1. The zero-order valence-corrected chi connectivity index (χ0v) is 5.59. The van der Waals surface area contributed by atoms with Gasteiger partial charge in [0.05, 0.1) is 0 Å². The molecule has 0 nitrogen and oxygen atoms in total. The van der Waals surface area contributed by atoms with Crippen molar-refractivity contribution in [2.24, 2.45) is 0 Å². The fraction of sp³-hybridized carbons (Fsp3) is 0.600. The Kier molecular flexibility index (Phi) is 1.20. The quantitative estimate of drug-likeness (QED) is 0.422. The Morgan fingerprint density at radius 2 is 2.57 bits per heavy atom. The van der Waals surface area contributed by atoms with Gasteiger partial charge in [0, 0.05) is 0 Å². The Hall–Kier alpha value is 0.155. The first-order chi connectivity index (χ1) is 3.21. The fourth-order valence-corrected chi connectivity index (χ4v) is 1.63. The van der Waals surface area contributed by atoms with Gasteiger partial charge in [-0.2, -0.15) is 0 Å². The fourth-order valence-electron chi connectivity index (χ4n) is 0.543. The molecule has 0 bridgehead atoms. The van der Waals surface area contributed by atoms with E-state index >= 15 is 0 Å². The summed E-state index contributed by atoms with van der Waals surface area (Å²) in [5, 5.41) is 2.66. The van der Waals surface area contributed by atoms with Crippen LogP contribution in [-0.2, 0) is 0 Å². The summed E-state index contributed by atoms with van der Waals surface area (Å²) in [4.78, 5) is 0. The normalized spacial score (nSPS) is 39.6. The number of hydrogen-bond donors (Lipinski definition) is 0. The van der Waals surface area contributed by atoms with E-state index in [9.17, 15) is 0 Å². The van der Waals surface area contributed by atoms with Crippen molar-refractivity contribution in [2.75, 3.05) is 5.75 Å². The van der Waals surface area contributed by atoms with Crippen molar-refractivity contribution in [1.82, 2.24) is 0 Å². The van der Waals surface area contributed by atoms with Crippen molar-refractivity contribution in [3.8, 4) is 0 Å². The van der Waals surface area contributed by atoms with Gasteiger partial charge in [-0.3, -0.25) is 0 Å². The molecule has 1 unspecified atom stereocenters. The zero-order chi connectivity index (χ0) is 5.33. The Morgan fingerprint density at radius 3 is 2.71 bits per heavy atom. The van der Waals surface area contributed by atoms with Gasteiger partial charge in [-0.05, 0) is 16.5 Å². The predicted octanol–water partition coefficient (Wildman–Crippen LogP) is 1.06. The summed E-state index contributed by atoms with van der Waals surface area (Å²) in [5.74, 6) is 1.26. The van der Waals surface area contributed by atoms with Crippen molar-refractivity contribution < 1.29 is 0 Å². The van der Waals surface area contributed by atoms with Gasteiger partial charge in [-0.25, -0.2) is 0 Å². The lowest BCUT2D eigenvalue weighted by molar-refractivity contribution is 0.890. The number of thioether (sulfide) groups is 1. The van der Waals surface area contributed by atoms with Gasteiger partial charge < -0.3 is 0 Å². The first-order valence-corrected chi connectivity index (χ1v) is 3.55. The Bertz CT molecular complexity index is 96.3. The molecule has 0 aromatic carbocycles. The minimum absolute atomic E-state index is 0.477. The maximum atomic E-state index is 2.26. The van der Waals surface area contributed by atoms with Crippen molar-refractivity contribution in [2.45, 2.75) is 12.2 Å². The highest BCUT2D eigenvalue weighted by atomic mass is 32.2. The summed E-state index contributed by atoms with van der Waals surface area (Å²) in [6.45, 7) is 2.25. The van der Waals surface area contributed by atoms with E-state index in [0.717, 1.165) is 0 Å². The van der Waals surface area contributed by atoms with E-state index in [1.165, 1.54) is 5.75 Å². The van der Waals surface area contributed by atoms with Crippen LogP contribution in [0.5, 0.6) is 0 Å². The van der Waals surface area contributed by atoms with E-state index in [1.54, 1.807) is 0 Å². The molecule has 0 fully saturated rings. The van der Waals surface area contributed by atoms with Gasteiger partial charge in [-0.15, -0.1) is 11.8 Å². The standard InChI is InChI=1S/C5H9BS/c1-5(6)2-3-7-4-5/h2-3H,4,6H2,1H3. The lowest BCUT2D eigenvalue weighted by Gasteiger charge is -2.10. The van der Waals surface area contributed by atoms with Gasteiger partial charge in [0.1, 0.15) is 7.85 Å². The molecular weight excluding hydrogens is 103 g/mol. The molecule has 0 saturated heterocycles. The van der Waals surface area contributed by atoms with Gasteiger partial charge >= 0.3 is 0 Å². The van der Waals surface area contributed by atoms with E-state index in [1.807, 2.05) is 11.8 Å². The van der Waals surface area contributed by atoms with Crippen LogP contribution in [0.4, 0.5) is 0 Å². The molecule has 1 aliphatic heterocycles. The summed E-state index contributed by atoms with van der Waals surface area (Å²) < 4.78 is 0. The molecule has 2 heteroatoms. The molecule has 0 aliphatic carbocycles.